The number of terminal acetylenes is 1. The summed E-state index contributed by atoms with van der Waals surface area (Å²) in [5.41, 5.74) is -0.0357. The van der Waals surface area contributed by atoms with Crippen LogP contribution in [0, 0.1) is 22.5 Å². The zero-order chi connectivity index (χ0) is 10.6. The Balaban J connectivity index is 2.96. The minimum absolute atomic E-state index is 0.0357. The van der Waals surface area contributed by atoms with E-state index in [1.165, 1.54) is 12.1 Å². The summed E-state index contributed by atoms with van der Waals surface area (Å²) in [5.74, 6) is 2.66. The zero-order valence-corrected chi connectivity index (χ0v) is 8.65. The van der Waals surface area contributed by atoms with Gasteiger partial charge in [0, 0.05) is 10.5 Å². The smallest absolute Gasteiger partial charge is 0.274 e. The molecule has 0 amide bonds. The molecule has 0 saturated carbocycles. The van der Waals surface area contributed by atoms with Gasteiger partial charge in [0.2, 0.25) is 0 Å². The molecular weight excluding hydrogens is 250 g/mol. The van der Waals surface area contributed by atoms with E-state index in [2.05, 4.69) is 21.9 Å². The summed E-state index contributed by atoms with van der Waals surface area (Å²) in [6, 6.07) is 4.33. The molecule has 0 saturated heterocycles. The number of non-ortho nitro benzene ring substituents is 1. The van der Waals surface area contributed by atoms with E-state index in [1.807, 2.05) is 0 Å². The van der Waals surface area contributed by atoms with E-state index in [4.69, 9.17) is 11.2 Å². The number of nitro benzene ring substituents is 1. The molecule has 5 heteroatoms. The summed E-state index contributed by atoms with van der Waals surface area (Å²) in [7, 11) is 0. The fraction of sp³-hybridized carbons (Fsp3) is 0.111. The summed E-state index contributed by atoms with van der Waals surface area (Å²) >= 11 is 3.14. The second-order valence-corrected chi connectivity index (χ2v) is 3.31. The van der Waals surface area contributed by atoms with Crippen molar-refractivity contribution < 1.29 is 9.66 Å². The van der Waals surface area contributed by atoms with E-state index in [1.54, 1.807) is 6.07 Å². The zero-order valence-electron chi connectivity index (χ0n) is 7.07. The average Bonchev–Trinajstić information content (AvgIpc) is 2.14. The minimum Gasteiger partial charge on any atom is -0.481 e. The van der Waals surface area contributed by atoms with Crippen LogP contribution < -0.4 is 4.74 Å². The molecule has 0 spiro atoms. The van der Waals surface area contributed by atoms with Crippen LogP contribution in [-0.4, -0.2) is 11.5 Å². The van der Waals surface area contributed by atoms with Gasteiger partial charge >= 0.3 is 0 Å². The molecule has 0 unspecified atom stereocenters. The second kappa shape index (κ2) is 4.63. The van der Waals surface area contributed by atoms with Crippen molar-refractivity contribution in [2.75, 3.05) is 6.61 Å². The second-order valence-electron chi connectivity index (χ2n) is 2.40. The maximum absolute atomic E-state index is 10.5. The van der Waals surface area contributed by atoms with Crippen molar-refractivity contribution in [2.24, 2.45) is 0 Å². The summed E-state index contributed by atoms with van der Waals surface area (Å²) in [6.45, 7) is 0.0909. The molecule has 14 heavy (non-hydrogen) atoms. The molecule has 1 aromatic rings. The van der Waals surface area contributed by atoms with Crippen LogP contribution in [0.15, 0.2) is 22.7 Å². The van der Waals surface area contributed by atoms with Crippen molar-refractivity contribution in [3.8, 4) is 18.1 Å². The van der Waals surface area contributed by atoms with Gasteiger partial charge < -0.3 is 4.74 Å². The highest BCUT2D eigenvalue weighted by Gasteiger charge is 2.08. The van der Waals surface area contributed by atoms with Crippen LogP contribution in [0.2, 0.25) is 0 Å². The van der Waals surface area contributed by atoms with Gasteiger partial charge in [0.05, 0.1) is 11.0 Å². The average molecular weight is 256 g/mol. The largest absolute Gasteiger partial charge is 0.481 e. The summed E-state index contributed by atoms with van der Waals surface area (Å²) in [4.78, 5) is 9.98. The van der Waals surface area contributed by atoms with Gasteiger partial charge in [-0.15, -0.1) is 6.42 Å². The molecule has 0 aromatic heterocycles. The summed E-state index contributed by atoms with van der Waals surface area (Å²) < 4.78 is 5.64. The molecule has 0 aliphatic rings. The first-order valence-corrected chi connectivity index (χ1v) is 4.44. The Morgan fingerprint density at radius 2 is 2.29 bits per heavy atom. The number of nitro groups is 1. The van der Waals surface area contributed by atoms with Gasteiger partial charge in [0.1, 0.15) is 12.4 Å². The molecule has 0 atom stereocenters. The fourth-order valence-corrected chi connectivity index (χ4v) is 1.32. The van der Waals surface area contributed by atoms with Crippen molar-refractivity contribution in [3.63, 3.8) is 0 Å². The van der Waals surface area contributed by atoms with E-state index >= 15 is 0 Å². The SMILES string of the molecule is C#CCOc1cc(Br)cc([N+](=O)[O-])c1. The first-order chi connectivity index (χ1) is 6.63. The van der Waals surface area contributed by atoms with E-state index in [-0.39, 0.29) is 12.3 Å². The molecule has 0 N–H and O–H groups in total. The standard InChI is InChI=1S/C9H6BrNO3/c1-2-3-14-9-5-7(10)4-8(6-9)11(12)13/h1,4-6H,3H2. The Labute approximate surface area is 89.2 Å². The molecule has 0 heterocycles. The van der Waals surface area contributed by atoms with Crippen molar-refractivity contribution in [1.29, 1.82) is 0 Å². The predicted octanol–water partition coefficient (Wildman–Crippen LogP) is 2.37. The third-order valence-corrected chi connectivity index (χ3v) is 1.85. The Kier molecular flexibility index (Phi) is 3.48. The minimum atomic E-state index is -0.493. The first kappa shape index (κ1) is 10.5. The number of nitrogens with zero attached hydrogens (tertiary/aromatic N) is 1. The van der Waals surface area contributed by atoms with Crippen LogP contribution in [0.4, 0.5) is 5.69 Å². The third-order valence-electron chi connectivity index (χ3n) is 1.39. The highest BCUT2D eigenvalue weighted by Crippen LogP contribution is 2.25. The van der Waals surface area contributed by atoms with Crippen molar-refractivity contribution in [3.05, 3.63) is 32.8 Å². The number of ether oxygens (including phenoxy) is 1. The molecule has 72 valence electrons. The Morgan fingerprint density at radius 1 is 1.57 bits per heavy atom. The Bertz CT molecular complexity index is 398. The van der Waals surface area contributed by atoms with Gasteiger partial charge in [0.15, 0.2) is 0 Å². The van der Waals surface area contributed by atoms with E-state index in [0.29, 0.717) is 10.2 Å². The maximum Gasteiger partial charge on any atom is 0.274 e. The summed E-state index contributed by atoms with van der Waals surface area (Å²) in [6.07, 6.45) is 4.99. The van der Waals surface area contributed by atoms with Crippen LogP contribution in [0.25, 0.3) is 0 Å². The quantitative estimate of drug-likeness (QED) is 0.474. The van der Waals surface area contributed by atoms with Gasteiger partial charge in [-0.2, -0.15) is 0 Å². The van der Waals surface area contributed by atoms with Crippen LogP contribution in [-0.2, 0) is 0 Å². The van der Waals surface area contributed by atoms with E-state index < -0.39 is 4.92 Å². The number of rotatable bonds is 3. The van der Waals surface area contributed by atoms with Gasteiger partial charge in [0.25, 0.3) is 5.69 Å². The third kappa shape index (κ3) is 2.75. The number of hydrogen-bond donors (Lipinski definition) is 0. The number of benzene rings is 1. The van der Waals surface area contributed by atoms with Gasteiger partial charge in [-0.05, 0) is 6.07 Å². The van der Waals surface area contributed by atoms with E-state index in [9.17, 15) is 10.1 Å². The van der Waals surface area contributed by atoms with Crippen LogP contribution in [0.3, 0.4) is 0 Å². The molecule has 1 aromatic carbocycles. The lowest BCUT2D eigenvalue weighted by molar-refractivity contribution is -0.385. The monoisotopic (exact) mass is 255 g/mol. The van der Waals surface area contributed by atoms with Gasteiger partial charge in [-0.25, -0.2) is 0 Å². The van der Waals surface area contributed by atoms with Crippen LogP contribution in [0.5, 0.6) is 5.75 Å². The molecule has 1 rings (SSSR count). The maximum atomic E-state index is 10.5. The van der Waals surface area contributed by atoms with E-state index in [0.717, 1.165) is 0 Å². The van der Waals surface area contributed by atoms with Crippen molar-refractivity contribution in [1.82, 2.24) is 0 Å². The topological polar surface area (TPSA) is 52.4 Å². The number of hydrogen-bond acceptors (Lipinski definition) is 3. The molecule has 4 nitrogen and oxygen atoms in total. The summed E-state index contributed by atoms with van der Waals surface area (Å²) in [5, 5.41) is 10.5. The molecule has 0 fully saturated rings. The van der Waals surface area contributed by atoms with Crippen molar-refractivity contribution in [2.45, 2.75) is 0 Å². The van der Waals surface area contributed by atoms with Gasteiger partial charge in [-0.3, -0.25) is 10.1 Å². The highest BCUT2D eigenvalue weighted by atomic mass is 79.9. The number of halogens is 1. The normalized spacial score (nSPS) is 9.14. The lowest BCUT2D eigenvalue weighted by atomic mass is 10.3. The lowest BCUT2D eigenvalue weighted by Crippen LogP contribution is -1.95. The van der Waals surface area contributed by atoms with Crippen LogP contribution in [0.1, 0.15) is 0 Å². The fourth-order valence-electron chi connectivity index (χ4n) is 0.862. The molecule has 0 aliphatic heterocycles. The lowest BCUT2D eigenvalue weighted by Gasteiger charge is -2.02. The molecule has 0 aliphatic carbocycles. The van der Waals surface area contributed by atoms with Crippen LogP contribution >= 0.6 is 15.9 Å². The van der Waals surface area contributed by atoms with Crippen molar-refractivity contribution >= 4 is 21.6 Å². The highest BCUT2D eigenvalue weighted by molar-refractivity contribution is 9.10. The predicted molar refractivity (Wildman–Crippen MR) is 55.1 cm³/mol. The molecular formula is C9H6BrNO3. The first-order valence-electron chi connectivity index (χ1n) is 3.64. The molecule has 0 radical (unpaired) electrons. The van der Waals surface area contributed by atoms with Gasteiger partial charge in [-0.1, -0.05) is 21.9 Å². The Morgan fingerprint density at radius 3 is 2.86 bits per heavy atom. The molecule has 0 bridgehead atoms. The Hall–Kier alpha value is -1.54.